The number of methoxy groups -OCH3 is 1. The molecular formula is C15H17NO3. The molecule has 0 radical (unpaired) electrons. The predicted molar refractivity (Wildman–Crippen MR) is 72.6 cm³/mol. The highest BCUT2D eigenvalue weighted by molar-refractivity contribution is 5.42. The quantitative estimate of drug-likeness (QED) is 0.894. The number of hydrogen-bond donors (Lipinski definition) is 1. The average molecular weight is 259 g/mol. The molecule has 0 fully saturated rings. The van der Waals surface area contributed by atoms with Gasteiger partial charge in [0.15, 0.2) is 11.5 Å². The van der Waals surface area contributed by atoms with Crippen LogP contribution in [0.3, 0.4) is 0 Å². The Bertz CT molecular complexity index is 525. The number of nitrogens with zero attached hydrogens (tertiary/aromatic N) is 1. The average Bonchev–Trinajstić information content (AvgIpc) is 2.48. The number of pyridine rings is 1. The maximum Gasteiger partial charge on any atom is 0.169 e. The number of rotatable bonds is 5. The molecule has 2 rings (SSSR count). The fourth-order valence-corrected chi connectivity index (χ4v) is 1.69. The van der Waals surface area contributed by atoms with Crippen LogP contribution in [0.4, 0.5) is 0 Å². The largest absolute Gasteiger partial charge is 0.493 e. The second kappa shape index (κ2) is 6.20. The minimum Gasteiger partial charge on any atom is -0.493 e. The summed E-state index contributed by atoms with van der Waals surface area (Å²) in [4.78, 5) is 4.19. The van der Waals surface area contributed by atoms with Gasteiger partial charge in [0.25, 0.3) is 0 Å². The van der Waals surface area contributed by atoms with Crippen molar-refractivity contribution in [2.75, 3.05) is 7.11 Å². The predicted octanol–water partition coefficient (Wildman–Crippen LogP) is 3.33. The van der Waals surface area contributed by atoms with E-state index in [1.54, 1.807) is 25.4 Å². The molecular weight excluding hydrogens is 242 g/mol. The molecule has 4 nitrogen and oxygen atoms in total. The van der Waals surface area contributed by atoms with Crippen LogP contribution < -0.4 is 9.47 Å². The third kappa shape index (κ3) is 3.23. The maximum atomic E-state index is 9.67. The van der Waals surface area contributed by atoms with Crippen molar-refractivity contribution in [3.63, 3.8) is 0 Å². The third-order valence-electron chi connectivity index (χ3n) is 2.78. The second-order valence-electron chi connectivity index (χ2n) is 4.10. The monoisotopic (exact) mass is 259 g/mol. The Labute approximate surface area is 112 Å². The number of ether oxygens (including phenoxy) is 2. The standard InChI is InChI=1S/C15H17NO3/c1-3-13(17)12-9-8-11(10-16-12)19-15-7-5-4-6-14(15)18-2/h4-10,13,17H,3H2,1-2H3. The molecule has 1 heterocycles. The second-order valence-corrected chi connectivity index (χ2v) is 4.10. The summed E-state index contributed by atoms with van der Waals surface area (Å²) in [6, 6.07) is 11.0. The normalized spacial score (nSPS) is 11.9. The molecule has 1 unspecified atom stereocenters. The van der Waals surface area contributed by atoms with Gasteiger partial charge in [-0.15, -0.1) is 0 Å². The molecule has 1 aromatic carbocycles. The van der Waals surface area contributed by atoms with Gasteiger partial charge in [-0.25, -0.2) is 0 Å². The van der Waals surface area contributed by atoms with Gasteiger partial charge in [0.05, 0.1) is 25.1 Å². The van der Waals surface area contributed by atoms with Crippen LogP contribution in [0.2, 0.25) is 0 Å². The van der Waals surface area contributed by atoms with Crippen molar-refractivity contribution >= 4 is 0 Å². The van der Waals surface area contributed by atoms with Crippen LogP contribution in [0.1, 0.15) is 25.1 Å². The van der Waals surface area contributed by atoms with Crippen molar-refractivity contribution in [1.29, 1.82) is 0 Å². The van der Waals surface area contributed by atoms with E-state index in [0.29, 0.717) is 29.4 Å². The third-order valence-corrected chi connectivity index (χ3v) is 2.78. The van der Waals surface area contributed by atoms with Gasteiger partial charge in [-0.3, -0.25) is 4.98 Å². The van der Waals surface area contributed by atoms with Crippen molar-refractivity contribution in [3.05, 3.63) is 48.3 Å². The van der Waals surface area contributed by atoms with Crippen LogP contribution in [0.25, 0.3) is 0 Å². The van der Waals surface area contributed by atoms with Crippen molar-refractivity contribution in [3.8, 4) is 17.2 Å². The van der Waals surface area contributed by atoms with E-state index in [1.807, 2.05) is 31.2 Å². The van der Waals surface area contributed by atoms with Crippen LogP contribution in [-0.2, 0) is 0 Å². The number of para-hydroxylation sites is 2. The lowest BCUT2D eigenvalue weighted by Crippen LogP contribution is -1.98. The van der Waals surface area contributed by atoms with E-state index in [4.69, 9.17) is 9.47 Å². The first-order valence-corrected chi connectivity index (χ1v) is 6.19. The zero-order valence-electron chi connectivity index (χ0n) is 11.0. The number of aliphatic hydroxyl groups is 1. The Balaban J connectivity index is 2.15. The van der Waals surface area contributed by atoms with Crippen molar-refractivity contribution < 1.29 is 14.6 Å². The molecule has 1 atom stereocenters. The SMILES string of the molecule is CCC(O)c1ccc(Oc2ccccc2OC)cn1. The van der Waals surface area contributed by atoms with Gasteiger partial charge in [-0.2, -0.15) is 0 Å². The molecule has 0 aliphatic heterocycles. The van der Waals surface area contributed by atoms with E-state index < -0.39 is 6.10 Å². The summed E-state index contributed by atoms with van der Waals surface area (Å²) in [7, 11) is 1.60. The fraction of sp³-hybridized carbons (Fsp3) is 0.267. The summed E-state index contributed by atoms with van der Waals surface area (Å²) in [5.74, 6) is 1.91. The molecule has 4 heteroatoms. The van der Waals surface area contributed by atoms with Crippen LogP contribution in [-0.4, -0.2) is 17.2 Å². The van der Waals surface area contributed by atoms with Gasteiger partial charge in [-0.1, -0.05) is 19.1 Å². The van der Waals surface area contributed by atoms with Crippen LogP contribution in [0.5, 0.6) is 17.2 Å². The molecule has 0 bridgehead atoms. The molecule has 0 saturated heterocycles. The van der Waals surface area contributed by atoms with Gasteiger partial charge in [0.1, 0.15) is 5.75 Å². The van der Waals surface area contributed by atoms with E-state index >= 15 is 0 Å². The minimum absolute atomic E-state index is 0.527. The zero-order chi connectivity index (χ0) is 13.7. The summed E-state index contributed by atoms with van der Waals surface area (Å²) in [5, 5.41) is 9.67. The lowest BCUT2D eigenvalue weighted by Gasteiger charge is -2.11. The van der Waals surface area contributed by atoms with Gasteiger partial charge < -0.3 is 14.6 Å². The lowest BCUT2D eigenvalue weighted by molar-refractivity contribution is 0.169. The summed E-state index contributed by atoms with van der Waals surface area (Å²) in [6.45, 7) is 1.91. The summed E-state index contributed by atoms with van der Waals surface area (Å²) in [5.41, 5.74) is 0.648. The van der Waals surface area contributed by atoms with Gasteiger partial charge in [-0.05, 0) is 30.7 Å². The molecule has 2 aromatic rings. The number of aliphatic hydroxyl groups excluding tert-OH is 1. The van der Waals surface area contributed by atoms with Crippen molar-refractivity contribution in [2.24, 2.45) is 0 Å². The Morgan fingerprint density at radius 2 is 1.89 bits per heavy atom. The molecule has 0 spiro atoms. The van der Waals surface area contributed by atoms with Crippen molar-refractivity contribution in [1.82, 2.24) is 4.98 Å². The van der Waals surface area contributed by atoms with Gasteiger partial charge >= 0.3 is 0 Å². The molecule has 1 N–H and O–H groups in total. The van der Waals surface area contributed by atoms with E-state index in [0.717, 1.165) is 0 Å². The molecule has 1 aromatic heterocycles. The van der Waals surface area contributed by atoms with Crippen LogP contribution in [0, 0.1) is 0 Å². The number of aromatic nitrogens is 1. The first kappa shape index (κ1) is 13.4. The van der Waals surface area contributed by atoms with Crippen molar-refractivity contribution in [2.45, 2.75) is 19.4 Å². The van der Waals surface area contributed by atoms with E-state index in [2.05, 4.69) is 4.98 Å². The number of benzene rings is 1. The minimum atomic E-state index is -0.527. The molecule has 0 aliphatic carbocycles. The summed E-state index contributed by atoms with van der Waals surface area (Å²) in [6.07, 6.45) is 1.71. The van der Waals surface area contributed by atoms with E-state index in [-0.39, 0.29) is 0 Å². The molecule has 0 amide bonds. The van der Waals surface area contributed by atoms with E-state index in [9.17, 15) is 5.11 Å². The van der Waals surface area contributed by atoms with E-state index in [1.165, 1.54) is 0 Å². The first-order chi connectivity index (χ1) is 9.24. The Morgan fingerprint density at radius 1 is 1.16 bits per heavy atom. The Hall–Kier alpha value is -2.07. The highest BCUT2D eigenvalue weighted by Gasteiger charge is 2.08. The molecule has 0 aliphatic rings. The number of hydrogen-bond acceptors (Lipinski definition) is 4. The first-order valence-electron chi connectivity index (χ1n) is 6.19. The zero-order valence-corrected chi connectivity index (χ0v) is 11.0. The van der Waals surface area contributed by atoms with Gasteiger partial charge in [0, 0.05) is 0 Å². The molecule has 100 valence electrons. The summed E-state index contributed by atoms with van der Waals surface area (Å²) < 4.78 is 10.9. The fourth-order valence-electron chi connectivity index (χ4n) is 1.69. The van der Waals surface area contributed by atoms with Gasteiger partial charge in [0.2, 0.25) is 0 Å². The maximum absolute atomic E-state index is 9.67. The topological polar surface area (TPSA) is 51.6 Å². The smallest absolute Gasteiger partial charge is 0.169 e. The highest BCUT2D eigenvalue weighted by atomic mass is 16.5. The molecule has 19 heavy (non-hydrogen) atoms. The summed E-state index contributed by atoms with van der Waals surface area (Å²) >= 11 is 0. The lowest BCUT2D eigenvalue weighted by atomic mass is 10.2. The Morgan fingerprint density at radius 3 is 2.47 bits per heavy atom. The Kier molecular flexibility index (Phi) is 4.36. The highest BCUT2D eigenvalue weighted by Crippen LogP contribution is 2.30. The molecule has 0 saturated carbocycles. The van der Waals surface area contributed by atoms with Crippen LogP contribution >= 0.6 is 0 Å². The van der Waals surface area contributed by atoms with Crippen LogP contribution in [0.15, 0.2) is 42.6 Å².